The van der Waals surface area contributed by atoms with Crippen LogP contribution in [0.1, 0.15) is 24.5 Å². The number of nitrogens with zero attached hydrogens (tertiary/aromatic N) is 3. The van der Waals surface area contributed by atoms with Gasteiger partial charge in [-0.3, -0.25) is 9.79 Å². The summed E-state index contributed by atoms with van der Waals surface area (Å²) in [5.74, 6) is -0.224. The van der Waals surface area contributed by atoms with Crippen molar-refractivity contribution in [1.82, 2.24) is 9.88 Å². The average Bonchev–Trinajstić information content (AvgIpc) is 2.87. The molecule has 1 aliphatic carbocycles. The summed E-state index contributed by atoms with van der Waals surface area (Å²) in [5, 5.41) is 0. The minimum atomic E-state index is -0.224. The van der Waals surface area contributed by atoms with Crippen molar-refractivity contribution in [2.24, 2.45) is 4.99 Å². The Morgan fingerprint density at radius 1 is 1.13 bits per heavy atom. The van der Waals surface area contributed by atoms with E-state index < -0.39 is 0 Å². The Labute approximate surface area is 176 Å². The van der Waals surface area contributed by atoms with Gasteiger partial charge in [0.1, 0.15) is 5.82 Å². The average molecular weight is 407 g/mol. The number of aromatic nitrogens is 1. The Morgan fingerprint density at radius 3 is 2.60 bits per heavy atom. The molecule has 1 N–H and O–H groups in total. The molecule has 6 heteroatoms. The lowest BCUT2D eigenvalue weighted by atomic mass is 10.0. The Bertz CT molecular complexity index is 1110. The third-order valence-electron chi connectivity index (χ3n) is 5.77. The third-order valence-corrected chi connectivity index (χ3v) is 5.77. The quantitative estimate of drug-likeness (QED) is 0.661. The fourth-order valence-corrected chi connectivity index (χ4v) is 3.99. The molecule has 0 amide bonds. The van der Waals surface area contributed by atoms with Crippen molar-refractivity contribution in [2.75, 3.05) is 38.1 Å². The summed E-state index contributed by atoms with van der Waals surface area (Å²) in [6, 6.07) is 12.9. The number of benzene rings is 1. The molecule has 1 aromatic rings. The number of anilines is 1. The van der Waals surface area contributed by atoms with Crippen LogP contribution in [0.25, 0.3) is 11.3 Å². The van der Waals surface area contributed by atoms with Gasteiger partial charge in [-0.25, -0.2) is 4.39 Å². The largest absolute Gasteiger partial charge is 0.367 e. The molecule has 2 heterocycles. The van der Waals surface area contributed by atoms with E-state index in [1.165, 1.54) is 0 Å². The van der Waals surface area contributed by atoms with Gasteiger partial charge in [0, 0.05) is 37.4 Å². The molecular formula is C24H27FN4O. The molecule has 0 aromatic heterocycles. The maximum absolute atomic E-state index is 14.8. The normalized spacial score (nSPS) is 15.7. The summed E-state index contributed by atoms with van der Waals surface area (Å²) in [6.07, 6.45) is 0.599. The van der Waals surface area contributed by atoms with E-state index in [4.69, 9.17) is 4.99 Å². The Kier molecular flexibility index (Phi) is 5.68. The lowest BCUT2D eigenvalue weighted by Gasteiger charge is -2.34. The van der Waals surface area contributed by atoms with Gasteiger partial charge >= 0.3 is 0 Å². The molecule has 4 rings (SSSR count). The first-order chi connectivity index (χ1) is 14.5. The van der Waals surface area contributed by atoms with Crippen molar-refractivity contribution < 1.29 is 4.39 Å². The van der Waals surface area contributed by atoms with Gasteiger partial charge < -0.3 is 14.8 Å². The SMILES string of the molecule is CCC(=Nc1cc(N2CCN(C)CC2)c(F)cc1C)c1c2cccccc-2[nH]c1=O. The number of nitrogens with one attached hydrogen (secondary N) is 1. The zero-order chi connectivity index (χ0) is 21.3. The van der Waals surface area contributed by atoms with Gasteiger partial charge in [-0.15, -0.1) is 0 Å². The second-order valence-corrected chi connectivity index (χ2v) is 7.86. The number of hydrogen-bond donors (Lipinski definition) is 1. The van der Waals surface area contributed by atoms with Crippen LogP contribution in [-0.2, 0) is 0 Å². The summed E-state index contributed by atoms with van der Waals surface area (Å²) in [4.78, 5) is 24.8. The van der Waals surface area contributed by atoms with E-state index in [9.17, 15) is 9.18 Å². The highest BCUT2D eigenvalue weighted by molar-refractivity contribution is 6.07. The number of aryl methyl sites for hydroxylation is 1. The molecule has 1 saturated heterocycles. The predicted molar refractivity (Wildman–Crippen MR) is 121 cm³/mol. The van der Waals surface area contributed by atoms with E-state index in [1.807, 2.05) is 50.2 Å². The van der Waals surface area contributed by atoms with Gasteiger partial charge in [-0.1, -0.05) is 31.2 Å². The number of aromatic amines is 1. The number of halogens is 1. The van der Waals surface area contributed by atoms with Crippen LogP contribution in [0.15, 0.2) is 52.3 Å². The van der Waals surface area contributed by atoms with Crippen molar-refractivity contribution in [1.29, 1.82) is 0 Å². The van der Waals surface area contributed by atoms with E-state index in [1.54, 1.807) is 6.07 Å². The molecule has 3 aliphatic rings. The zero-order valence-electron chi connectivity index (χ0n) is 17.7. The number of rotatable bonds is 4. The van der Waals surface area contributed by atoms with E-state index in [2.05, 4.69) is 21.8 Å². The highest BCUT2D eigenvalue weighted by atomic mass is 19.1. The maximum atomic E-state index is 14.8. The molecule has 0 atom stereocenters. The van der Waals surface area contributed by atoms with Crippen molar-refractivity contribution in [2.45, 2.75) is 20.3 Å². The van der Waals surface area contributed by atoms with Gasteiger partial charge in [-0.05, 0) is 44.2 Å². The van der Waals surface area contributed by atoms with E-state index >= 15 is 0 Å². The van der Waals surface area contributed by atoms with Gasteiger partial charge in [0.25, 0.3) is 5.56 Å². The number of hydrogen-bond acceptors (Lipinski definition) is 4. The second-order valence-electron chi connectivity index (χ2n) is 7.86. The molecule has 156 valence electrons. The van der Waals surface area contributed by atoms with Crippen LogP contribution >= 0.6 is 0 Å². The highest BCUT2D eigenvalue weighted by Gasteiger charge is 2.21. The fourth-order valence-electron chi connectivity index (χ4n) is 3.99. The lowest BCUT2D eigenvalue weighted by molar-refractivity contribution is 0.311. The van der Waals surface area contributed by atoms with Crippen molar-refractivity contribution in [3.63, 3.8) is 0 Å². The molecule has 0 radical (unpaired) electrons. The van der Waals surface area contributed by atoms with Crippen molar-refractivity contribution >= 4 is 17.1 Å². The first kappa shape index (κ1) is 20.3. The van der Waals surface area contributed by atoms with E-state index in [0.717, 1.165) is 43.0 Å². The van der Waals surface area contributed by atoms with Crippen LogP contribution < -0.4 is 10.5 Å². The van der Waals surface area contributed by atoms with Gasteiger partial charge in [0.2, 0.25) is 0 Å². The summed E-state index contributed by atoms with van der Waals surface area (Å²) >= 11 is 0. The molecule has 0 spiro atoms. The monoisotopic (exact) mass is 406 g/mol. The molecule has 1 aromatic carbocycles. The van der Waals surface area contributed by atoms with Crippen LogP contribution in [0.5, 0.6) is 0 Å². The van der Waals surface area contributed by atoms with Crippen LogP contribution in [0.2, 0.25) is 0 Å². The number of likely N-dealkylation sites (N-methyl/N-ethyl adjacent to an activating group) is 1. The Morgan fingerprint density at radius 2 is 1.87 bits per heavy atom. The third kappa shape index (κ3) is 3.87. The standard InChI is InChI=1S/C24H27FN4O/c1-4-19(23-17-8-6-5-7-9-20(17)27-24(23)30)26-21-15-22(18(25)14-16(21)2)29-12-10-28(3)11-13-29/h5-9,14-15H,4,10-13H2,1-3H3,(H,27,30). The number of H-pyrrole nitrogens is 1. The minimum Gasteiger partial charge on any atom is -0.367 e. The summed E-state index contributed by atoms with van der Waals surface area (Å²) in [5.41, 5.74) is 4.83. The Hall–Kier alpha value is -2.99. The lowest BCUT2D eigenvalue weighted by Crippen LogP contribution is -2.44. The van der Waals surface area contributed by atoms with Crippen LogP contribution in [0.4, 0.5) is 15.8 Å². The molecule has 5 nitrogen and oxygen atoms in total. The molecule has 1 fully saturated rings. The van der Waals surface area contributed by atoms with Crippen LogP contribution in [-0.4, -0.2) is 48.8 Å². The smallest absolute Gasteiger partial charge is 0.258 e. The highest BCUT2D eigenvalue weighted by Crippen LogP contribution is 2.31. The summed E-state index contributed by atoms with van der Waals surface area (Å²) in [6.45, 7) is 7.21. The number of piperazine rings is 1. The summed E-state index contributed by atoms with van der Waals surface area (Å²) in [7, 11) is 2.08. The predicted octanol–water partition coefficient (Wildman–Crippen LogP) is 4.21. The molecule has 2 aliphatic heterocycles. The minimum absolute atomic E-state index is 0.143. The van der Waals surface area contributed by atoms with Crippen molar-refractivity contribution in [3.8, 4) is 11.3 Å². The Balaban J connectivity index is 1.78. The molecule has 30 heavy (non-hydrogen) atoms. The molecular weight excluding hydrogens is 379 g/mol. The molecule has 0 unspecified atom stereocenters. The van der Waals surface area contributed by atoms with E-state index in [-0.39, 0.29) is 11.4 Å². The van der Waals surface area contributed by atoms with Gasteiger partial charge in [-0.2, -0.15) is 0 Å². The zero-order valence-corrected chi connectivity index (χ0v) is 17.7. The first-order valence-corrected chi connectivity index (χ1v) is 10.4. The van der Waals surface area contributed by atoms with E-state index in [0.29, 0.717) is 29.1 Å². The molecule has 0 saturated carbocycles. The number of fused-ring (bicyclic) bond motifs is 1. The van der Waals surface area contributed by atoms with Crippen LogP contribution in [0, 0.1) is 12.7 Å². The van der Waals surface area contributed by atoms with Gasteiger partial charge in [0.15, 0.2) is 0 Å². The van der Waals surface area contributed by atoms with Gasteiger partial charge in [0.05, 0.1) is 22.6 Å². The molecule has 0 bridgehead atoms. The van der Waals surface area contributed by atoms with Crippen molar-refractivity contribution in [3.05, 3.63) is 69.8 Å². The summed E-state index contributed by atoms with van der Waals surface area (Å²) < 4.78 is 14.8. The fraction of sp³-hybridized carbons (Fsp3) is 0.333. The number of aliphatic imine (C=N–C) groups is 1. The second kappa shape index (κ2) is 8.40. The topological polar surface area (TPSA) is 51.7 Å². The van der Waals surface area contributed by atoms with Crippen LogP contribution in [0.3, 0.4) is 0 Å². The first-order valence-electron chi connectivity index (χ1n) is 10.4. The maximum Gasteiger partial charge on any atom is 0.258 e.